The van der Waals surface area contributed by atoms with Gasteiger partial charge in [-0.25, -0.2) is 0 Å². The van der Waals surface area contributed by atoms with Gasteiger partial charge in [0.25, 0.3) is 0 Å². The van der Waals surface area contributed by atoms with Crippen molar-refractivity contribution in [3.05, 3.63) is 0 Å². The molecule has 0 aromatic heterocycles. The highest BCUT2D eigenvalue weighted by Crippen LogP contribution is 2.31. The molecule has 1 aliphatic heterocycles. The minimum Gasteiger partial charge on any atom is -0.354 e. The molecule has 0 radical (unpaired) electrons. The van der Waals surface area contributed by atoms with E-state index in [2.05, 4.69) is 10.6 Å². The van der Waals surface area contributed by atoms with Gasteiger partial charge in [0.1, 0.15) is 6.04 Å². The van der Waals surface area contributed by atoms with Crippen LogP contribution in [0.1, 0.15) is 45.4 Å². The second-order valence-electron chi connectivity index (χ2n) is 6.69. The molecule has 2 atom stereocenters. The van der Waals surface area contributed by atoms with Gasteiger partial charge in [0.2, 0.25) is 5.91 Å². The van der Waals surface area contributed by atoms with Crippen molar-refractivity contribution < 1.29 is 18.0 Å². The molecule has 2 unspecified atom stereocenters. The van der Waals surface area contributed by atoms with Crippen LogP contribution in [0.5, 0.6) is 0 Å². The van der Waals surface area contributed by atoms with Crippen molar-refractivity contribution in [2.45, 2.75) is 75.8 Å². The summed E-state index contributed by atoms with van der Waals surface area (Å²) in [6.45, 7) is 1.97. The Morgan fingerprint density at radius 1 is 1.00 bits per heavy atom. The number of halogens is 3. The van der Waals surface area contributed by atoms with Crippen LogP contribution in [0.25, 0.3) is 0 Å². The van der Waals surface area contributed by atoms with Gasteiger partial charge in [0.05, 0.1) is 0 Å². The van der Waals surface area contributed by atoms with E-state index in [-0.39, 0.29) is 24.4 Å². The van der Waals surface area contributed by atoms with Crippen LogP contribution in [0.2, 0.25) is 0 Å². The van der Waals surface area contributed by atoms with Gasteiger partial charge in [0.15, 0.2) is 0 Å². The third kappa shape index (κ3) is 4.84. The lowest BCUT2D eigenvalue weighted by molar-refractivity contribution is -0.188. The van der Waals surface area contributed by atoms with Gasteiger partial charge in [-0.05, 0) is 45.6 Å². The summed E-state index contributed by atoms with van der Waals surface area (Å²) in [6.07, 6.45) is 0.410. The standard InChI is InChI=1S/C15H26F3N3O/c1-10(22)19-11-3-5-12(6-4-11)20-13-7-8-14(15(16,17)18)21(2)9-13/h11-14,20H,3-9H2,1-2H3,(H,19,22). The lowest BCUT2D eigenvalue weighted by Crippen LogP contribution is -2.56. The van der Waals surface area contributed by atoms with Crippen molar-refractivity contribution in [2.24, 2.45) is 0 Å². The Kier molecular flexibility index (Phi) is 5.71. The number of nitrogens with one attached hydrogen (secondary N) is 2. The molecule has 1 saturated carbocycles. The molecule has 0 aromatic rings. The van der Waals surface area contributed by atoms with Gasteiger partial charge >= 0.3 is 6.18 Å². The number of alkyl halides is 3. The fraction of sp³-hybridized carbons (Fsp3) is 0.933. The molecule has 1 aliphatic carbocycles. The maximum absolute atomic E-state index is 12.8. The van der Waals surface area contributed by atoms with E-state index in [4.69, 9.17) is 0 Å². The van der Waals surface area contributed by atoms with E-state index in [0.717, 1.165) is 25.7 Å². The van der Waals surface area contributed by atoms with Gasteiger partial charge in [0, 0.05) is 31.6 Å². The molecule has 22 heavy (non-hydrogen) atoms. The molecule has 0 aromatic carbocycles. The predicted molar refractivity (Wildman–Crippen MR) is 78.5 cm³/mol. The summed E-state index contributed by atoms with van der Waals surface area (Å²) in [5.74, 6) is 0.00325. The number of likely N-dealkylation sites (N-methyl/N-ethyl adjacent to an activating group) is 1. The molecule has 0 spiro atoms. The molecular formula is C15H26F3N3O. The third-order valence-corrected chi connectivity index (χ3v) is 4.81. The molecule has 2 aliphatic rings. The van der Waals surface area contributed by atoms with Crippen molar-refractivity contribution in [1.82, 2.24) is 15.5 Å². The van der Waals surface area contributed by atoms with Gasteiger partial charge in [-0.1, -0.05) is 0 Å². The van der Waals surface area contributed by atoms with E-state index in [1.54, 1.807) is 7.05 Å². The summed E-state index contributed by atoms with van der Waals surface area (Å²) in [6, 6.07) is -0.572. The van der Waals surface area contributed by atoms with Crippen molar-refractivity contribution in [1.29, 1.82) is 0 Å². The maximum atomic E-state index is 12.8. The molecule has 1 heterocycles. The number of hydrogen-bond acceptors (Lipinski definition) is 3. The van der Waals surface area contributed by atoms with Crippen LogP contribution in [0, 0.1) is 0 Å². The topological polar surface area (TPSA) is 44.4 Å². The first-order chi connectivity index (χ1) is 10.3. The summed E-state index contributed by atoms with van der Waals surface area (Å²) < 4.78 is 38.5. The maximum Gasteiger partial charge on any atom is 0.404 e. The van der Waals surface area contributed by atoms with Gasteiger partial charge in [-0.15, -0.1) is 0 Å². The number of carbonyl (C=O) groups is 1. The fourth-order valence-electron chi connectivity index (χ4n) is 3.72. The highest BCUT2D eigenvalue weighted by Gasteiger charge is 2.44. The summed E-state index contributed by atoms with van der Waals surface area (Å²) in [7, 11) is 1.56. The molecule has 128 valence electrons. The second kappa shape index (κ2) is 7.17. The first kappa shape index (κ1) is 17.5. The van der Waals surface area contributed by atoms with E-state index in [1.807, 2.05) is 0 Å². The number of carbonyl (C=O) groups excluding carboxylic acids is 1. The number of rotatable bonds is 3. The monoisotopic (exact) mass is 321 g/mol. The highest BCUT2D eigenvalue weighted by molar-refractivity contribution is 5.73. The van der Waals surface area contributed by atoms with Crippen LogP contribution in [-0.2, 0) is 4.79 Å². The zero-order chi connectivity index (χ0) is 16.3. The van der Waals surface area contributed by atoms with Crippen LogP contribution in [0.3, 0.4) is 0 Å². The molecule has 1 amide bonds. The Labute approximate surface area is 129 Å². The third-order valence-electron chi connectivity index (χ3n) is 4.81. The summed E-state index contributed by atoms with van der Waals surface area (Å²) in [4.78, 5) is 12.5. The minimum atomic E-state index is -4.13. The average molecular weight is 321 g/mol. The molecule has 4 nitrogen and oxygen atoms in total. The highest BCUT2D eigenvalue weighted by atomic mass is 19.4. The smallest absolute Gasteiger partial charge is 0.354 e. The first-order valence-corrected chi connectivity index (χ1v) is 8.06. The fourth-order valence-corrected chi connectivity index (χ4v) is 3.72. The zero-order valence-electron chi connectivity index (χ0n) is 13.2. The molecular weight excluding hydrogens is 295 g/mol. The Morgan fingerprint density at radius 3 is 2.05 bits per heavy atom. The van der Waals surface area contributed by atoms with E-state index in [0.29, 0.717) is 19.0 Å². The van der Waals surface area contributed by atoms with E-state index >= 15 is 0 Å². The Hall–Kier alpha value is -0.820. The zero-order valence-corrected chi connectivity index (χ0v) is 13.2. The first-order valence-electron chi connectivity index (χ1n) is 8.06. The Balaban J connectivity index is 1.74. The number of piperidine rings is 1. The summed E-state index contributed by atoms with van der Waals surface area (Å²) in [5, 5.41) is 6.45. The lowest BCUT2D eigenvalue weighted by atomic mass is 9.89. The molecule has 2 N–H and O–H groups in total. The Bertz CT molecular complexity index is 381. The van der Waals surface area contributed by atoms with E-state index in [9.17, 15) is 18.0 Å². The van der Waals surface area contributed by atoms with Crippen molar-refractivity contribution in [3.8, 4) is 0 Å². The predicted octanol–water partition coefficient (Wildman–Crippen LogP) is 2.05. The molecule has 0 bridgehead atoms. The molecule has 2 fully saturated rings. The average Bonchev–Trinajstić information content (AvgIpc) is 2.39. The van der Waals surface area contributed by atoms with Crippen LogP contribution in [0.4, 0.5) is 13.2 Å². The van der Waals surface area contributed by atoms with Gasteiger partial charge in [-0.3, -0.25) is 9.69 Å². The van der Waals surface area contributed by atoms with E-state index in [1.165, 1.54) is 11.8 Å². The van der Waals surface area contributed by atoms with Gasteiger partial charge in [-0.2, -0.15) is 13.2 Å². The number of nitrogens with zero attached hydrogens (tertiary/aromatic N) is 1. The summed E-state index contributed by atoms with van der Waals surface area (Å²) in [5.41, 5.74) is 0. The molecule has 2 rings (SSSR count). The lowest BCUT2D eigenvalue weighted by Gasteiger charge is -2.40. The quantitative estimate of drug-likeness (QED) is 0.836. The number of hydrogen-bond donors (Lipinski definition) is 2. The normalized spacial score (nSPS) is 34.4. The van der Waals surface area contributed by atoms with Crippen LogP contribution in [-0.4, -0.2) is 54.7 Å². The largest absolute Gasteiger partial charge is 0.404 e. The number of amides is 1. The Morgan fingerprint density at radius 2 is 1.55 bits per heavy atom. The van der Waals surface area contributed by atoms with Gasteiger partial charge < -0.3 is 10.6 Å². The minimum absolute atomic E-state index is 0.00325. The molecule has 1 saturated heterocycles. The molecule has 7 heteroatoms. The van der Waals surface area contributed by atoms with Crippen LogP contribution in [0.15, 0.2) is 0 Å². The van der Waals surface area contributed by atoms with E-state index < -0.39 is 12.2 Å². The van der Waals surface area contributed by atoms with Crippen molar-refractivity contribution >= 4 is 5.91 Å². The van der Waals surface area contributed by atoms with Crippen LogP contribution >= 0.6 is 0 Å². The number of likely N-dealkylation sites (tertiary alicyclic amines) is 1. The van der Waals surface area contributed by atoms with Crippen molar-refractivity contribution in [3.63, 3.8) is 0 Å². The van der Waals surface area contributed by atoms with Crippen LogP contribution < -0.4 is 10.6 Å². The van der Waals surface area contributed by atoms with Crippen molar-refractivity contribution in [2.75, 3.05) is 13.6 Å². The second-order valence-corrected chi connectivity index (χ2v) is 6.69. The SMILES string of the molecule is CC(=O)NC1CCC(NC2CCC(C(F)(F)F)N(C)C2)CC1. The summed E-state index contributed by atoms with van der Waals surface area (Å²) >= 11 is 0.